The van der Waals surface area contributed by atoms with Crippen molar-refractivity contribution < 1.29 is 13.2 Å². The molecular weight excluding hydrogens is 700 g/mol. The van der Waals surface area contributed by atoms with E-state index < -0.39 is 11.7 Å². The van der Waals surface area contributed by atoms with Gasteiger partial charge < -0.3 is 9.13 Å². The zero-order valence-electron chi connectivity index (χ0n) is 29.8. The van der Waals surface area contributed by atoms with Crippen molar-refractivity contribution in [2.24, 2.45) is 0 Å². The van der Waals surface area contributed by atoms with Crippen LogP contribution in [0.3, 0.4) is 0 Å². The molecule has 0 atom stereocenters. The van der Waals surface area contributed by atoms with Crippen LogP contribution >= 0.6 is 0 Å². The lowest BCUT2D eigenvalue weighted by molar-refractivity contribution is -0.137. The van der Waals surface area contributed by atoms with Gasteiger partial charge in [0.15, 0.2) is 5.69 Å². The first-order valence-electron chi connectivity index (χ1n) is 18.3. The first kappa shape index (κ1) is 33.2. The molecule has 2 heterocycles. The second-order valence-electron chi connectivity index (χ2n) is 13.9. The van der Waals surface area contributed by atoms with Crippen molar-refractivity contribution in [2.45, 2.75) is 6.18 Å². The van der Waals surface area contributed by atoms with Crippen molar-refractivity contribution in [1.82, 2.24) is 9.13 Å². The summed E-state index contributed by atoms with van der Waals surface area (Å²) in [6, 6.07) is 58.2. The molecule has 10 aromatic rings. The van der Waals surface area contributed by atoms with Gasteiger partial charge in [-0.1, -0.05) is 121 Å². The van der Waals surface area contributed by atoms with Crippen LogP contribution in [0.1, 0.15) is 5.56 Å². The molecule has 10 rings (SSSR count). The van der Waals surface area contributed by atoms with Crippen molar-refractivity contribution in [2.75, 3.05) is 0 Å². The first-order valence-corrected chi connectivity index (χ1v) is 18.3. The van der Waals surface area contributed by atoms with Gasteiger partial charge in [0.25, 0.3) is 0 Å². The number of para-hydroxylation sites is 2. The predicted molar refractivity (Wildman–Crippen MR) is 223 cm³/mol. The van der Waals surface area contributed by atoms with Gasteiger partial charge in [0.05, 0.1) is 39.9 Å². The van der Waals surface area contributed by atoms with Gasteiger partial charge in [-0.15, -0.1) is 0 Å². The van der Waals surface area contributed by atoms with E-state index >= 15 is 0 Å². The number of hydrogen-bond acceptors (Lipinski definition) is 0. The zero-order chi connectivity index (χ0) is 38.0. The third kappa shape index (κ3) is 5.36. The van der Waals surface area contributed by atoms with Gasteiger partial charge in [-0.05, 0) is 82.9 Å². The first-order chi connectivity index (χ1) is 27.4. The topological polar surface area (TPSA) is 14.2 Å². The maximum Gasteiger partial charge on any atom is 0.416 e. The minimum Gasteiger partial charge on any atom is -0.310 e. The molecule has 0 unspecified atom stereocenters. The molecule has 0 N–H and O–H groups in total. The van der Waals surface area contributed by atoms with E-state index in [1.54, 1.807) is 24.3 Å². The lowest BCUT2D eigenvalue weighted by Crippen LogP contribution is -2.08. The number of benzene rings is 8. The number of hydrogen-bond donors (Lipinski definition) is 0. The summed E-state index contributed by atoms with van der Waals surface area (Å²) in [7, 11) is 0. The highest BCUT2D eigenvalue weighted by molar-refractivity contribution is 6.13. The standard InChI is InChI=1S/C50H30F3N3/c1-54-37-23-24-40(49(31-37)56-45-19-11-9-17-39(45)42-29-35(21-26-47(42)56)33-14-6-3-7-15-33)43-30-36(50(51,52)53)22-27-48(43)55-44-18-10-8-16-38(44)41-28-34(20-25-46(41)55)32-12-4-2-5-13-32/h2-31H. The highest BCUT2D eigenvalue weighted by Gasteiger charge is 2.32. The summed E-state index contributed by atoms with van der Waals surface area (Å²) in [5.41, 5.74) is 9.58. The van der Waals surface area contributed by atoms with Crippen molar-refractivity contribution in [3.05, 3.63) is 199 Å². The van der Waals surface area contributed by atoms with Crippen LogP contribution in [0.15, 0.2) is 182 Å². The van der Waals surface area contributed by atoms with Gasteiger partial charge in [-0.2, -0.15) is 13.2 Å². The molecule has 0 bridgehead atoms. The Morgan fingerprint density at radius 1 is 0.393 bits per heavy atom. The maximum atomic E-state index is 14.7. The summed E-state index contributed by atoms with van der Waals surface area (Å²) in [5.74, 6) is 0. The maximum absolute atomic E-state index is 14.7. The fourth-order valence-electron chi connectivity index (χ4n) is 8.21. The number of aromatic nitrogens is 2. The van der Waals surface area contributed by atoms with Crippen LogP contribution < -0.4 is 0 Å². The summed E-state index contributed by atoms with van der Waals surface area (Å²) < 4.78 is 48.3. The molecule has 2 aromatic heterocycles. The van der Waals surface area contributed by atoms with Gasteiger partial charge in [0, 0.05) is 38.4 Å². The molecule has 0 amide bonds. The van der Waals surface area contributed by atoms with Crippen LogP contribution in [-0.2, 0) is 6.18 Å². The molecular formula is C50H30F3N3. The molecule has 0 fully saturated rings. The van der Waals surface area contributed by atoms with E-state index in [1.807, 2.05) is 72.8 Å². The fourth-order valence-corrected chi connectivity index (χ4v) is 8.21. The fraction of sp³-hybridized carbons (Fsp3) is 0.0200. The van der Waals surface area contributed by atoms with Gasteiger partial charge >= 0.3 is 6.18 Å². The Kier molecular flexibility index (Phi) is 7.65. The Labute approximate surface area is 320 Å². The molecule has 3 nitrogen and oxygen atoms in total. The molecule has 0 aliphatic rings. The van der Waals surface area contributed by atoms with Gasteiger partial charge in [-0.25, -0.2) is 4.85 Å². The third-order valence-electron chi connectivity index (χ3n) is 10.8. The molecule has 0 aliphatic heterocycles. The van der Waals surface area contributed by atoms with Gasteiger partial charge in [0.1, 0.15) is 0 Å². The summed E-state index contributed by atoms with van der Waals surface area (Å²) in [6.45, 7) is 7.99. The molecule has 0 saturated carbocycles. The van der Waals surface area contributed by atoms with Crippen LogP contribution in [0.5, 0.6) is 0 Å². The highest BCUT2D eigenvalue weighted by atomic mass is 19.4. The van der Waals surface area contributed by atoms with Crippen LogP contribution in [0.4, 0.5) is 18.9 Å². The average Bonchev–Trinajstić information content (AvgIpc) is 3.75. The second kappa shape index (κ2) is 12.9. The SMILES string of the molecule is [C-]#[N+]c1ccc(-c2cc(C(F)(F)F)ccc2-n2c3ccccc3c3cc(-c4ccccc4)ccc32)c(-n2c3ccccc3c3cc(-c4ccccc4)ccc32)c1. The number of alkyl halides is 3. The Morgan fingerprint density at radius 3 is 1.43 bits per heavy atom. The molecule has 0 spiro atoms. The molecule has 0 aliphatic carbocycles. The Hall–Kier alpha value is -7.36. The molecule has 8 aromatic carbocycles. The minimum atomic E-state index is -4.59. The van der Waals surface area contributed by atoms with E-state index in [9.17, 15) is 13.2 Å². The van der Waals surface area contributed by atoms with Crippen molar-refractivity contribution in [1.29, 1.82) is 0 Å². The van der Waals surface area contributed by atoms with E-state index in [1.165, 1.54) is 6.07 Å². The second-order valence-corrected chi connectivity index (χ2v) is 13.9. The number of fused-ring (bicyclic) bond motifs is 6. The van der Waals surface area contributed by atoms with Crippen molar-refractivity contribution in [3.8, 4) is 44.8 Å². The normalized spacial score (nSPS) is 11.8. The average molecular weight is 730 g/mol. The Balaban J connectivity index is 1.28. The highest BCUT2D eigenvalue weighted by Crippen LogP contribution is 2.44. The Morgan fingerprint density at radius 2 is 0.893 bits per heavy atom. The molecule has 266 valence electrons. The number of nitrogens with zero attached hydrogens (tertiary/aromatic N) is 3. The van der Waals surface area contributed by atoms with E-state index in [0.717, 1.165) is 71.9 Å². The van der Waals surface area contributed by atoms with Crippen LogP contribution in [0, 0.1) is 6.57 Å². The van der Waals surface area contributed by atoms with Crippen LogP contribution in [0.25, 0.3) is 93.2 Å². The summed E-state index contributed by atoms with van der Waals surface area (Å²) in [5, 5.41) is 3.99. The zero-order valence-corrected chi connectivity index (χ0v) is 29.8. The van der Waals surface area contributed by atoms with E-state index in [4.69, 9.17) is 6.57 Å². The van der Waals surface area contributed by atoms with Gasteiger partial charge in [-0.3, -0.25) is 0 Å². The van der Waals surface area contributed by atoms with E-state index in [2.05, 4.69) is 86.8 Å². The largest absolute Gasteiger partial charge is 0.416 e. The Bertz CT molecular complexity index is 3180. The lowest BCUT2D eigenvalue weighted by atomic mass is 9.97. The molecule has 0 saturated heterocycles. The minimum absolute atomic E-state index is 0.384. The number of rotatable bonds is 5. The summed E-state index contributed by atoms with van der Waals surface area (Å²) >= 11 is 0. The van der Waals surface area contributed by atoms with E-state index in [-0.39, 0.29) is 0 Å². The van der Waals surface area contributed by atoms with E-state index in [0.29, 0.717) is 28.2 Å². The van der Waals surface area contributed by atoms with Crippen molar-refractivity contribution in [3.63, 3.8) is 0 Å². The summed E-state index contributed by atoms with van der Waals surface area (Å²) in [6.07, 6.45) is -4.59. The molecule has 56 heavy (non-hydrogen) atoms. The van der Waals surface area contributed by atoms with Crippen molar-refractivity contribution >= 4 is 49.3 Å². The van der Waals surface area contributed by atoms with Crippen LogP contribution in [-0.4, -0.2) is 9.13 Å². The summed E-state index contributed by atoms with van der Waals surface area (Å²) in [4.78, 5) is 3.79. The smallest absolute Gasteiger partial charge is 0.310 e. The molecule has 0 radical (unpaired) electrons. The monoisotopic (exact) mass is 729 g/mol. The van der Waals surface area contributed by atoms with Crippen LogP contribution in [0.2, 0.25) is 0 Å². The van der Waals surface area contributed by atoms with Gasteiger partial charge in [0.2, 0.25) is 0 Å². The quantitative estimate of drug-likeness (QED) is 0.157. The number of halogens is 3. The lowest BCUT2D eigenvalue weighted by Gasteiger charge is -2.20. The third-order valence-corrected chi connectivity index (χ3v) is 10.8. The molecule has 6 heteroatoms. The predicted octanol–water partition coefficient (Wildman–Crippen LogP) is 14.5.